The van der Waals surface area contributed by atoms with Crippen LogP contribution in [0.5, 0.6) is 0 Å². The summed E-state index contributed by atoms with van der Waals surface area (Å²) in [5.41, 5.74) is 0. The highest BCUT2D eigenvalue weighted by Gasteiger charge is 2.51. The topological polar surface area (TPSA) is 21.7 Å². The zero-order valence-corrected chi connectivity index (χ0v) is 26.8. The third kappa shape index (κ3) is 14.7. The second-order valence-corrected chi connectivity index (χ2v) is 13.2. The number of unbranched alkanes of at least 4 members (excludes halogenated alkanes) is 14. The van der Waals surface area contributed by atoms with E-state index in [4.69, 9.17) is 9.47 Å². The van der Waals surface area contributed by atoms with Crippen LogP contribution in [-0.4, -0.2) is 43.0 Å². The highest BCUT2D eigenvalue weighted by atomic mass is 16.8. The highest BCUT2D eigenvalue weighted by Crippen LogP contribution is 2.44. The van der Waals surface area contributed by atoms with Gasteiger partial charge in [0.2, 0.25) is 0 Å². The summed E-state index contributed by atoms with van der Waals surface area (Å²) in [5.74, 6) is 0.539. The second-order valence-electron chi connectivity index (χ2n) is 13.2. The van der Waals surface area contributed by atoms with Crippen molar-refractivity contribution in [2.24, 2.45) is 5.92 Å². The molecule has 1 heterocycles. The molecule has 0 aromatic rings. The summed E-state index contributed by atoms with van der Waals surface area (Å²) in [6, 6.07) is 0.609. The molecule has 2 rings (SSSR count). The van der Waals surface area contributed by atoms with Crippen LogP contribution >= 0.6 is 0 Å². The molecule has 1 aliphatic carbocycles. The molecule has 0 aromatic carbocycles. The Morgan fingerprint density at radius 1 is 0.744 bits per heavy atom. The van der Waals surface area contributed by atoms with E-state index in [0.29, 0.717) is 18.2 Å². The Morgan fingerprint density at radius 2 is 1.28 bits per heavy atom. The lowest BCUT2D eigenvalue weighted by Gasteiger charge is -2.31. The molecule has 228 valence electrons. The first-order valence-electron chi connectivity index (χ1n) is 17.3. The Morgan fingerprint density at radius 3 is 1.85 bits per heavy atom. The molecule has 3 unspecified atom stereocenters. The van der Waals surface area contributed by atoms with Crippen LogP contribution in [0.15, 0.2) is 24.8 Å². The van der Waals surface area contributed by atoms with E-state index in [-0.39, 0.29) is 5.79 Å². The van der Waals surface area contributed by atoms with Crippen molar-refractivity contribution in [1.82, 2.24) is 4.90 Å². The highest BCUT2D eigenvalue weighted by molar-refractivity contribution is 4.96. The van der Waals surface area contributed by atoms with Gasteiger partial charge >= 0.3 is 0 Å². The van der Waals surface area contributed by atoms with Crippen LogP contribution in [0.3, 0.4) is 0 Å². The minimum Gasteiger partial charge on any atom is -0.344 e. The van der Waals surface area contributed by atoms with Crippen LogP contribution in [-0.2, 0) is 9.47 Å². The van der Waals surface area contributed by atoms with Crippen molar-refractivity contribution >= 4 is 0 Å². The molecular weight excluding hydrogens is 478 g/mol. The van der Waals surface area contributed by atoms with Crippen molar-refractivity contribution in [2.45, 2.75) is 186 Å². The van der Waals surface area contributed by atoms with Crippen LogP contribution < -0.4 is 0 Å². The summed E-state index contributed by atoms with van der Waals surface area (Å²) < 4.78 is 13.6. The molecule has 0 bridgehead atoms. The van der Waals surface area contributed by atoms with Crippen LogP contribution in [0.1, 0.15) is 162 Å². The molecular formula is C36H67NO2. The smallest absolute Gasteiger partial charge is 0.169 e. The summed E-state index contributed by atoms with van der Waals surface area (Å²) in [4.78, 5) is 2.35. The standard InChI is InChI=1S/C36H67NO2/c1-6-8-10-12-14-16-20-24-28-36(38-34-30-33(37(4)5)31-35(34)39-36)29-25-21-17-15-19-23-27-32(3)26-22-18-13-11-9-7-2/h6,18,22,32-35H,1,7-17,19-21,23-31H2,2-5H3/b22-18-. The molecule has 3 heteroatoms. The minimum absolute atomic E-state index is 0.297. The monoisotopic (exact) mass is 546 g/mol. The zero-order valence-electron chi connectivity index (χ0n) is 26.8. The molecule has 2 fully saturated rings. The summed E-state index contributed by atoms with van der Waals surface area (Å²) in [6.07, 6.45) is 37.1. The molecule has 1 aliphatic heterocycles. The molecule has 3 atom stereocenters. The quantitative estimate of drug-likeness (QED) is 0.0841. The lowest BCUT2D eigenvalue weighted by Crippen LogP contribution is -2.34. The van der Waals surface area contributed by atoms with E-state index >= 15 is 0 Å². The third-order valence-corrected chi connectivity index (χ3v) is 9.29. The lowest BCUT2D eigenvalue weighted by atomic mass is 9.97. The number of nitrogens with zero attached hydrogens (tertiary/aromatic N) is 1. The molecule has 0 radical (unpaired) electrons. The van der Waals surface area contributed by atoms with Crippen molar-refractivity contribution < 1.29 is 9.47 Å². The lowest BCUT2D eigenvalue weighted by molar-refractivity contribution is -0.193. The molecule has 0 spiro atoms. The number of allylic oxidation sites excluding steroid dienone is 3. The van der Waals surface area contributed by atoms with Gasteiger partial charge in [0.25, 0.3) is 0 Å². The molecule has 0 aromatic heterocycles. The number of hydrogen-bond acceptors (Lipinski definition) is 3. The van der Waals surface area contributed by atoms with E-state index in [0.717, 1.165) is 38.0 Å². The minimum atomic E-state index is -0.297. The van der Waals surface area contributed by atoms with Gasteiger partial charge < -0.3 is 14.4 Å². The van der Waals surface area contributed by atoms with Gasteiger partial charge in [-0.25, -0.2) is 0 Å². The van der Waals surface area contributed by atoms with Crippen LogP contribution in [0, 0.1) is 5.92 Å². The second kappa shape index (κ2) is 21.1. The summed E-state index contributed by atoms with van der Waals surface area (Å²) in [5, 5.41) is 0. The molecule has 2 aliphatic rings. The molecule has 3 nitrogen and oxygen atoms in total. The SMILES string of the molecule is C=CCCCCCCCCC1(CCCCCCCCC(C)C/C=C\CCCCC)OC2CC(N(C)C)CC2O1. The van der Waals surface area contributed by atoms with Gasteiger partial charge in [-0.15, -0.1) is 6.58 Å². The van der Waals surface area contributed by atoms with Crippen molar-refractivity contribution in [3.8, 4) is 0 Å². The largest absolute Gasteiger partial charge is 0.344 e. The molecule has 39 heavy (non-hydrogen) atoms. The van der Waals surface area contributed by atoms with Gasteiger partial charge in [-0.2, -0.15) is 0 Å². The summed E-state index contributed by atoms with van der Waals surface area (Å²) >= 11 is 0. The summed E-state index contributed by atoms with van der Waals surface area (Å²) in [7, 11) is 4.39. The average molecular weight is 546 g/mol. The van der Waals surface area contributed by atoms with Crippen molar-refractivity contribution in [2.75, 3.05) is 14.1 Å². The van der Waals surface area contributed by atoms with Crippen LogP contribution in [0.25, 0.3) is 0 Å². The van der Waals surface area contributed by atoms with Crippen LogP contribution in [0.2, 0.25) is 0 Å². The molecule has 0 amide bonds. The van der Waals surface area contributed by atoms with Gasteiger partial charge in [0, 0.05) is 18.9 Å². The number of rotatable bonds is 25. The van der Waals surface area contributed by atoms with E-state index in [2.05, 4.69) is 51.6 Å². The number of fused-ring (bicyclic) bond motifs is 1. The Bertz CT molecular complexity index is 616. The summed E-state index contributed by atoms with van der Waals surface area (Å²) in [6.45, 7) is 8.55. The normalized spacial score (nSPS) is 25.6. The van der Waals surface area contributed by atoms with Crippen molar-refractivity contribution in [1.29, 1.82) is 0 Å². The van der Waals surface area contributed by atoms with Gasteiger partial charge in [0.1, 0.15) is 0 Å². The number of ether oxygens (including phenoxy) is 2. The Kier molecular flexibility index (Phi) is 18.7. The Labute approximate surface area is 244 Å². The van der Waals surface area contributed by atoms with E-state index in [1.807, 2.05) is 6.08 Å². The average Bonchev–Trinajstić information content (AvgIpc) is 3.46. The first kappa shape index (κ1) is 34.6. The molecule has 1 saturated carbocycles. The van der Waals surface area contributed by atoms with E-state index < -0.39 is 0 Å². The zero-order chi connectivity index (χ0) is 28.2. The molecule has 1 saturated heterocycles. The third-order valence-electron chi connectivity index (χ3n) is 9.29. The fourth-order valence-electron chi connectivity index (χ4n) is 6.61. The fraction of sp³-hybridized carbons (Fsp3) is 0.889. The fourth-order valence-corrected chi connectivity index (χ4v) is 6.61. The van der Waals surface area contributed by atoms with Gasteiger partial charge in [0.05, 0.1) is 12.2 Å². The van der Waals surface area contributed by atoms with E-state index in [9.17, 15) is 0 Å². The number of hydrogen-bond donors (Lipinski definition) is 0. The Balaban J connectivity index is 1.60. The van der Waals surface area contributed by atoms with Crippen LogP contribution in [0.4, 0.5) is 0 Å². The predicted octanol–water partition coefficient (Wildman–Crippen LogP) is 10.8. The van der Waals surface area contributed by atoms with Gasteiger partial charge in [-0.3, -0.25) is 0 Å². The van der Waals surface area contributed by atoms with Gasteiger partial charge in [-0.05, 0) is 77.8 Å². The first-order chi connectivity index (χ1) is 19.0. The maximum Gasteiger partial charge on any atom is 0.169 e. The maximum atomic E-state index is 6.78. The van der Waals surface area contributed by atoms with Crippen molar-refractivity contribution in [3.63, 3.8) is 0 Å². The van der Waals surface area contributed by atoms with Gasteiger partial charge in [0.15, 0.2) is 5.79 Å². The first-order valence-corrected chi connectivity index (χ1v) is 17.3. The van der Waals surface area contributed by atoms with E-state index in [1.165, 1.54) is 116 Å². The maximum absolute atomic E-state index is 6.78. The predicted molar refractivity (Wildman–Crippen MR) is 170 cm³/mol. The van der Waals surface area contributed by atoms with Gasteiger partial charge in [-0.1, -0.05) is 109 Å². The van der Waals surface area contributed by atoms with Crippen molar-refractivity contribution in [3.05, 3.63) is 24.8 Å². The Hall–Kier alpha value is -0.640. The van der Waals surface area contributed by atoms with E-state index in [1.54, 1.807) is 0 Å². The molecule has 0 N–H and O–H groups in total.